The summed E-state index contributed by atoms with van der Waals surface area (Å²) in [6.45, 7) is 5.93. The Labute approximate surface area is 122 Å². The number of ether oxygens (including phenoxy) is 2. The number of aryl methyl sites for hydroxylation is 1. The van der Waals surface area contributed by atoms with E-state index in [0.29, 0.717) is 6.10 Å². The highest BCUT2D eigenvalue weighted by Crippen LogP contribution is 2.26. The summed E-state index contributed by atoms with van der Waals surface area (Å²) in [7, 11) is 1.73. The molecule has 1 aliphatic carbocycles. The Balaban J connectivity index is 1.77. The maximum atomic E-state index is 5.87. The van der Waals surface area contributed by atoms with E-state index < -0.39 is 0 Å². The van der Waals surface area contributed by atoms with Crippen LogP contribution in [0.5, 0.6) is 5.75 Å². The molecule has 0 aliphatic heterocycles. The summed E-state index contributed by atoms with van der Waals surface area (Å²) in [6.07, 6.45) is 5.63. The van der Waals surface area contributed by atoms with Crippen LogP contribution in [0.15, 0.2) is 18.2 Å². The van der Waals surface area contributed by atoms with Crippen molar-refractivity contribution >= 4 is 0 Å². The smallest absolute Gasteiger partial charge is 0.123 e. The van der Waals surface area contributed by atoms with Crippen LogP contribution in [0.3, 0.4) is 0 Å². The SMILES string of the molecule is COc1cc(C)ccc1C(C)NCCOC1CCCC1. The third-order valence-electron chi connectivity index (χ3n) is 4.06. The van der Waals surface area contributed by atoms with Crippen molar-refractivity contribution in [1.82, 2.24) is 5.32 Å². The van der Waals surface area contributed by atoms with Crippen LogP contribution in [0.25, 0.3) is 0 Å². The highest BCUT2D eigenvalue weighted by molar-refractivity contribution is 5.38. The second kappa shape index (κ2) is 7.65. The molecule has 1 N–H and O–H groups in total. The van der Waals surface area contributed by atoms with Gasteiger partial charge in [0.15, 0.2) is 0 Å². The molecule has 1 aromatic rings. The molecule has 0 bridgehead atoms. The fraction of sp³-hybridized carbons (Fsp3) is 0.647. The van der Waals surface area contributed by atoms with E-state index >= 15 is 0 Å². The Morgan fingerprint density at radius 2 is 2.05 bits per heavy atom. The van der Waals surface area contributed by atoms with Crippen molar-refractivity contribution in [3.8, 4) is 5.75 Å². The Morgan fingerprint density at radius 1 is 1.30 bits per heavy atom. The minimum atomic E-state index is 0.276. The van der Waals surface area contributed by atoms with E-state index in [4.69, 9.17) is 9.47 Å². The fourth-order valence-electron chi connectivity index (χ4n) is 2.84. The quantitative estimate of drug-likeness (QED) is 0.772. The zero-order valence-electron chi connectivity index (χ0n) is 12.9. The average Bonchev–Trinajstić information content (AvgIpc) is 2.96. The van der Waals surface area contributed by atoms with Gasteiger partial charge in [0.05, 0.1) is 19.8 Å². The minimum Gasteiger partial charge on any atom is -0.496 e. The van der Waals surface area contributed by atoms with Gasteiger partial charge in [-0.3, -0.25) is 0 Å². The lowest BCUT2D eigenvalue weighted by atomic mass is 10.1. The molecule has 0 spiro atoms. The van der Waals surface area contributed by atoms with Crippen molar-refractivity contribution in [2.24, 2.45) is 0 Å². The molecule has 0 radical (unpaired) electrons. The third-order valence-corrected chi connectivity index (χ3v) is 4.06. The summed E-state index contributed by atoms with van der Waals surface area (Å²) >= 11 is 0. The zero-order valence-corrected chi connectivity index (χ0v) is 12.9. The molecule has 1 atom stereocenters. The van der Waals surface area contributed by atoms with Crippen molar-refractivity contribution < 1.29 is 9.47 Å². The van der Waals surface area contributed by atoms with Crippen LogP contribution >= 0.6 is 0 Å². The summed E-state index contributed by atoms with van der Waals surface area (Å²) < 4.78 is 11.3. The van der Waals surface area contributed by atoms with Crippen molar-refractivity contribution in [1.29, 1.82) is 0 Å². The molecule has 1 aliphatic rings. The molecule has 0 aromatic heterocycles. The molecule has 20 heavy (non-hydrogen) atoms. The van der Waals surface area contributed by atoms with Gasteiger partial charge in [-0.25, -0.2) is 0 Å². The maximum Gasteiger partial charge on any atom is 0.123 e. The van der Waals surface area contributed by atoms with Gasteiger partial charge in [0, 0.05) is 18.2 Å². The fourth-order valence-corrected chi connectivity index (χ4v) is 2.84. The highest BCUT2D eigenvalue weighted by Gasteiger charge is 2.15. The Kier molecular flexibility index (Phi) is 5.86. The van der Waals surface area contributed by atoms with E-state index in [0.717, 1.165) is 18.9 Å². The lowest BCUT2D eigenvalue weighted by Gasteiger charge is -2.18. The molecule has 0 saturated heterocycles. The lowest BCUT2D eigenvalue weighted by Crippen LogP contribution is -2.25. The van der Waals surface area contributed by atoms with Crippen LogP contribution in [0.1, 0.15) is 49.8 Å². The van der Waals surface area contributed by atoms with Gasteiger partial charge in [-0.2, -0.15) is 0 Å². The second-order valence-corrected chi connectivity index (χ2v) is 5.70. The van der Waals surface area contributed by atoms with Gasteiger partial charge in [-0.1, -0.05) is 25.0 Å². The van der Waals surface area contributed by atoms with Gasteiger partial charge in [0.25, 0.3) is 0 Å². The van der Waals surface area contributed by atoms with Crippen LogP contribution in [-0.4, -0.2) is 26.4 Å². The summed E-state index contributed by atoms with van der Waals surface area (Å²) in [5.41, 5.74) is 2.43. The first-order valence-corrected chi connectivity index (χ1v) is 7.70. The Hall–Kier alpha value is -1.06. The standard InChI is InChI=1S/C17H27NO2/c1-13-8-9-16(17(12-13)19-3)14(2)18-10-11-20-15-6-4-5-7-15/h8-9,12,14-15,18H,4-7,10-11H2,1-3H3. The van der Waals surface area contributed by atoms with Crippen LogP contribution in [-0.2, 0) is 4.74 Å². The van der Waals surface area contributed by atoms with Gasteiger partial charge in [0.2, 0.25) is 0 Å². The molecule has 3 nitrogen and oxygen atoms in total. The predicted octanol–water partition coefficient (Wildman–Crippen LogP) is 3.61. The normalized spacial score (nSPS) is 17.4. The van der Waals surface area contributed by atoms with Gasteiger partial charge < -0.3 is 14.8 Å². The summed E-state index contributed by atoms with van der Waals surface area (Å²) in [5.74, 6) is 0.960. The zero-order chi connectivity index (χ0) is 14.4. The number of nitrogens with one attached hydrogen (secondary N) is 1. The van der Waals surface area contributed by atoms with Gasteiger partial charge in [-0.05, 0) is 38.3 Å². The third kappa shape index (κ3) is 4.22. The second-order valence-electron chi connectivity index (χ2n) is 5.70. The van der Waals surface area contributed by atoms with Crippen molar-refractivity contribution in [3.05, 3.63) is 29.3 Å². The first-order valence-electron chi connectivity index (χ1n) is 7.70. The van der Waals surface area contributed by atoms with E-state index in [-0.39, 0.29) is 6.04 Å². The largest absolute Gasteiger partial charge is 0.496 e. The molecule has 1 fully saturated rings. The van der Waals surface area contributed by atoms with Crippen LogP contribution in [0, 0.1) is 6.92 Å². The number of benzene rings is 1. The summed E-state index contributed by atoms with van der Waals surface area (Å²) in [5, 5.41) is 3.51. The Bertz CT molecular complexity index is 413. The van der Waals surface area contributed by atoms with Crippen molar-refractivity contribution in [2.75, 3.05) is 20.3 Å². The molecular formula is C17H27NO2. The van der Waals surface area contributed by atoms with Crippen LogP contribution < -0.4 is 10.1 Å². The number of hydrogen-bond donors (Lipinski definition) is 1. The first-order chi connectivity index (χ1) is 9.70. The summed E-state index contributed by atoms with van der Waals surface area (Å²) in [4.78, 5) is 0. The molecule has 1 saturated carbocycles. The van der Waals surface area contributed by atoms with Gasteiger partial charge in [-0.15, -0.1) is 0 Å². The molecule has 0 heterocycles. The average molecular weight is 277 g/mol. The Morgan fingerprint density at radius 3 is 2.75 bits per heavy atom. The van der Waals surface area contributed by atoms with Gasteiger partial charge >= 0.3 is 0 Å². The number of methoxy groups -OCH3 is 1. The van der Waals surface area contributed by atoms with E-state index in [1.165, 1.54) is 36.8 Å². The molecular weight excluding hydrogens is 250 g/mol. The maximum absolute atomic E-state index is 5.87. The van der Waals surface area contributed by atoms with E-state index in [1.807, 2.05) is 0 Å². The molecule has 2 rings (SSSR count). The molecule has 3 heteroatoms. The van der Waals surface area contributed by atoms with Crippen LogP contribution in [0.2, 0.25) is 0 Å². The van der Waals surface area contributed by atoms with E-state index in [2.05, 4.69) is 37.4 Å². The first kappa shape index (κ1) is 15.3. The van der Waals surface area contributed by atoms with E-state index in [9.17, 15) is 0 Å². The molecule has 0 amide bonds. The van der Waals surface area contributed by atoms with Crippen molar-refractivity contribution in [3.63, 3.8) is 0 Å². The monoisotopic (exact) mass is 277 g/mol. The molecule has 112 valence electrons. The highest BCUT2D eigenvalue weighted by atomic mass is 16.5. The number of rotatable bonds is 7. The van der Waals surface area contributed by atoms with Crippen molar-refractivity contribution in [2.45, 2.75) is 51.7 Å². The van der Waals surface area contributed by atoms with Gasteiger partial charge in [0.1, 0.15) is 5.75 Å². The molecule has 1 aromatic carbocycles. The summed E-state index contributed by atoms with van der Waals surface area (Å²) in [6, 6.07) is 6.63. The van der Waals surface area contributed by atoms with E-state index in [1.54, 1.807) is 7.11 Å². The minimum absolute atomic E-state index is 0.276. The number of hydrogen-bond acceptors (Lipinski definition) is 3. The van der Waals surface area contributed by atoms with Crippen LogP contribution in [0.4, 0.5) is 0 Å². The topological polar surface area (TPSA) is 30.5 Å². The predicted molar refractivity (Wildman–Crippen MR) is 82.4 cm³/mol. The molecule has 1 unspecified atom stereocenters. The lowest BCUT2D eigenvalue weighted by molar-refractivity contribution is 0.0593.